The van der Waals surface area contributed by atoms with Crippen LogP contribution >= 0.6 is 0 Å². The van der Waals surface area contributed by atoms with Gasteiger partial charge in [-0.05, 0) is 27.7 Å². The van der Waals surface area contributed by atoms with E-state index in [-0.39, 0.29) is 0 Å². The summed E-state index contributed by atoms with van der Waals surface area (Å²) in [4.78, 5) is 15.7. The van der Waals surface area contributed by atoms with E-state index in [2.05, 4.69) is 27.1 Å². The molecule has 1 aromatic rings. The van der Waals surface area contributed by atoms with Gasteiger partial charge in [-0.15, -0.1) is 0 Å². The molecule has 118 valence electrons. The zero-order valence-electron chi connectivity index (χ0n) is 13.3. The van der Waals surface area contributed by atoms with Crippen LogP contribution < -0.4 is 10.6 Å². The Morgan fingerprint density at radius 1 is 1.38 bits per heavy atom. The first-order chi connectivity index (χ1) is 9.92. The molecule has 0 unspecified atom stereocenters. The van der Waals surface area contributed by atoms with Crippen molar-refractivity contribution < 1.29 is 9.53 Å². The smallest absolute Gasteiger partial charge is 0.407 e. The number of carbonyl (C=O) groups excluding carboxylic acids is 1. The Balaban J connectivity index is 2.12. The maximum Gasteiger partial charge on any atom is 0.407 e. The Labute approximate surface area is 126 Å². The van der Waals surface area contributed by atoms with E-state index in [0.717, 1.165) is 25.5 Å². The number of imidazole rings is 1. The van der Waals surface area contributed by atoms with Gasteiger partial charge in [0.05, 0.1) is 6.54 Å². The molecule has 0 saturated carbocycles. The maximum absolute atomic E-state index is 11.4. The number of ether oxygens (including phenoxy) is 1. The zero-order valence-corrected chi connectivity index (χ0v) is 13.3. The van der Waals surface area contributed by atoms with Crippen LogP contribution in [0, 0.1) is 0 Å². The number of amides is 1. The number of rotatable bonds is 7. The van der Waals surface area contributed by atoms with Gasteiger partial charge in [0, 0.05) is 32.0 Å². The van der Waals surface area contributed by atoms with E-state index < -0.39 is 11.7 Å². The third-order valence-corrected chi connectivity index (χ3v) is 2.62. The molecule has 0 saturated heterocycles. The Hall–Kier alpha value is -1.82. The van der Waals surface area contributed by atoms with Gasteiger partial charge in [0.15, 0.2) is 0 Å². The van der Waals surface area contributed by atoms with Gasteiger partial charge in [-0.3, -0.25) is 0 Å². The molecule has 1 heterocycles. The third-order valence-electron chi connectivity index (χ3n) is 2.62. The van der Waals surface area contributed by atoms with Gasteiger partial charge in [0.1, 0.15) is 11.4 Å². The molecule has 1 aromatic heterocycles. The van der Waals surface area contributed by atoms with Crippen molar-refractivity contribution in [2.75, 3.05) is 13.1 Å². The summed E-state index contributed by atoms with van der Waals surface area (Å²) >= 11 is 0. The molecule has 0 aliphatic rings. The van der Waals surface area contributed by atoms with Crippen LogP contribution in [0.25, 0.3) is 0 Å². The van der Waals surface area contributed by atoms with Crippen molar-refractivity contribution >= 4 is 6.09 Å². The van der Waals surface area contributed by atoms with Crippen LogP contribution in [-0.2, 0) is 17.8 Å². The van der Waals surface area contributed by atoms with Crippen molar-refractivity contribution in [3.63, 3.8) is 0 Å². The van der Waals surface area contributed by atoms with Crippen molar-refractivity contribution in [2.45, 2.75) is 46.4 Å². The van der Waals surface area contributed by atoms with E-state index >= 15 is 0 Å². The molecule has 0 radical (unpaired) electrons. The number of nitrogens with one attached hydrogen (secondary N) is 2. The lowest BCUT2D eigenvalue weighted by molar-refractivity contribution is 0.0534. The minimum atomic E-state index is -0.462. The van der Waals surface area contributed by atoms with Crippen LogP contribution in [-0.4, -0.2) is 34.3 Å². The Bertz CT molecular complexity index is 460. The number of nitrogens with zero attached hydrogens (tertiary/aromatic N) is 2. The van der Waals surface area contributed by atoms with Crippen molar-refractivity contribution in [2.24, 2.45) is 0 Å². The van der Waals surface area contributed by atoms with E-state index in [0.29, 0.717) is 6.54 Å². The number of hydrogen-bond donors (Lipinski definition) is 2. The van der Waals surface area contributed by atoms with Crippen LogP contribution in [0.3, 0.4) is 0 Å². The summed E-state index contributed by atoms with van der Waals surface area (Å²) in [6, 6.07) is 0. The molecule has 0 atom stereocenters. The van der Waals surface area contributed by atoms with E-state index in [1.54, 1.807) is 6.20 Å². The topological polar surface area (TPSA) is 68.2 Å². The van der Waals surface area contributed by atoms with E-state index in [4.69, 9.17) is 4.74 Å². The van der Waals surface area contributed by atoms with Gasteiger partial charge in [0.25, 0.3) is 0 Å². The first-order valence-corrected chi connectivity index (χ1v) is 7.25. The number of aryl methyl sites for hydroxylation is 1. The molecule has 6 heteroatoms. The van der Waals surface area contributed by atoms with Gasteiger partial charge in [-0.2, -0.15) is 0 Å². The lowest BCUT2D eigenvalue weighted by Crippen LogP contribution is -2.32. The minimum absolute atomic E-state index is 0.398. The van der Waals surface area contributed by atoms with Crippen LogP contribution in [0.4, 0.5) is 4.79 Å². The number of hydrogen-bond acceptors (Lipinski definition) is 4. The lowest BCUT2D eigenvalue weighted by atomic mass is 10.2. The predicted molar refractivity (Wildman–Crippen MR) is 83.0 cm³/mol. The van der Waals surface area contributed by atoms with Crippen LogP contribution in [0.15, 0.2) is 24.5 Å². The van der Waals surface area contributed by atoms with Gasteiger partial charge < -0.3 is 19.9 Å². The highest BCUT2D eigenvalue weighted by Gasteiger charge is 2.14. The summed E-state index contributed by atoms with van der Waals surface area (Å²) in [5.41, 5.74) is -0.462. The van der Waals surface area contributed by atoms with Crippen molar-refractivity contribution in [1.82, 2.24) is 20.2 Å². The summed E-state index contributed by atoms with van der Waals surface area (Å²) in [7, 11) is 0. The fourth-order valence-electron chi connectivity index (χ4n) is 1.69. The van der Waals surface area contributed by atoms with Gasteiger partial charge in [-0.1, -0.05) is 12.2 Å². The van der Waals surface area contributed by atoms with Gasteiger partial charge >= 0.3 is 6.09 Å². The monoisotopic (exact) mass is 294 g/mol. The first kappa shape index (κ1) is 17.2. The molecular weight excluding hydrogens is 268 g/mol. The maximum atomic E-state index is 11.4. The average Bonchev–Trinajstić information content (AvgIpc) is 2.83. The molecule has 6 nitrogen and oxygen atoms in total. The van der Waals surface area contributed by atoms with E-state index in [1.807, 2.05) is 39.1 Å². The highest BCUT2D eigenvalue weighted by atomic mass is 16.6. The second-order valence-electron chi connectivity index (χ2n) is 5.61. The Morgan fingerprint density at radius 2 is 2.10 bits per heavy atom. The predicted octanol–water partition coefficient (Wildman–Crippen LogP) is 2.07. The number of alkyl carbamates (subject to hydrolysis) is 1. The fourth-order valence-corrected chi connectivity index (χ4v) is 1.69. The molecule has 0 spiro atoms. The number of aromatic nitrogens is 2. The van der Waals surface area contributed by atoms with Crippen molar-refractivity contribution in [1.29, 1.82) is 0 Å². The second kappa shape index (κ2) is 8.46. The second-order valence-corrected chi connectivity index (χ2v) is 5.61. The average molecular weight is 294 g/mol. The normalized spacial score (nSPS) is 11.8. The molecule has 1 rings (SSSR count). The molecule has 0 aliphatic heterocycles. The Kier molecular flexibility index (Phi) is 6.94. The molecule has 0 bridgehead atoms. The van der Waals surface area contributed by atoms with Gasteiger partial charge in [0.2, 0.25) is 0 Å². The molecule has 0 aliphatic carbocycles. The quantitative estimate of drug-likeness (QED) is 0.597. The zero-order chi connectivity index (χ0) is 15.7. The molecule has 2 N–H and O–H groups in total. The highest BCUT2D eigenvalue weighted by molar-refractivity contribution is 5.67. The van der Waals surface area contributed by atoms with E-state index in [9.17, 15) is 4.79 Å². The van der Waals surface area contributed by atoms with Crippen LogP contribution in [0.1, 0.15) is 33.5 Å². The summed E-state index contributed by atoms with van der Waals surface area (Å²) in [5, 5.41) is 5.94. The van der Waals surface area contributed by atoms with Crippen molar-refractivity contribution in [3.8, 4) is 0 Å². The molecule has 21 heavy (non-hydrogen) atoms. The first-order valence-electron chi connectivity index (χ1n) is 7.25. The van der Waals surface area contributed by atoms with Crippen molar-refractivity contribution in [3.05, 3.63) is 30.4 Å². The largest absolute Gasteiger partial charge is 0.444 e. The van der Waals surface area contributed by atoms with Crippen LogP contribution in [0.2, 0.25) is 0 Å². The summed E-state index contributed by atoms with van der Waals surface area (Å²) in [5.74, 6) is 1.03. The third kappa shape index (κ3) is 7.51. The van der Waals surface area contributed by atoms with Crippen LogP contribution in [0.5, 0.6) is 0 Å². The lowest BCUT2D eigenvalue weighted by Gasteiger charge is -2.19. The van der Waals surface area contributed by atoms with E-state index in [1.165, 1.54) is 0 Å². The summed E-state index contributed by atoms with van der Waals surface area (Å²) in [6.07, 6.45) is 7.24. The Morgan fingerprint density at radius 3 is 2.76 bits per heavy atom. The SMILES string of the molecule is CCn1ccnc1CNC/C=C/CNC(=O)OC(C)(C)C. The minimum Gasteiger partial charge on any atom is -0.444 e. The number of carbonyl (C=O) groups is 1. The molecular formula is C15H26N4O2. The molecule has 0 fully saturated rings. The van der Waals surface area contributed by atoms with Gasteiger partial charge in [-0.25, -0.2) is 9.78 Å². The molecule has 0 aromatic carbocycles. The summed E-state index contributed by atoms with van der Waals surface area (Å²) < 4.78 is 7.23. The highest BCUT2D eigenvalue weighted by Crippen LogP contribution is 2.06. The summed E-state index contributed by atoms with van der Waals surface area (Å²) in [6.45, 7) is 10.4. The molecule has 1 amide bonds. The standard InChI is InChI=1S/C15H26N4O2/c1-5-19-11-10-17-13(19)12-16-8-6-7-9-18-14(20)21-15(2,3)4/h6-7,10-11,16H,5,8-9,12H2,1-4H3,(H,18,20)/b7-6+. The fraction of sp³-hybridized carbons (Fsp3) is 0.600.